The molecule has 1 fully saturated rings. The highest BCUT2D eigenvalue weighted by Crippen LogP contribution is 2.33. The molecule has 0 heterocycles. The molecule has 28 heavy (non-hydrogen) atoms. The molecule has 0 aromatic carbocycles. The second-order valence-corrected chi connectivity index (χ2v) is 7.55. The zero-order valence-electron chi connectivity index (χ0n) is 17.1. The van der Waals surface area contributed by atoms with E-state index in [-0.39, 0.29) is 43.1 Å². The van der Waals surface area contributed by atoms with Crippen LogP contribution in [0.4, 0.5) is 0 Å². The highest BCUT2D eigenvalue weighted by atomic mass is 16.3. The van der Waals surface area contributed by atoms with Gasteiger partial charge in [-0.25, -0.2) is 0 Å². The molecule has 4 N–H and O–H groups in total. The number of carbonyl (C=O) groups excluding carboxylic acids is 2. The average molecular weight is 396 g/mol. The van der Waals surface area contributed by atoms with Crippen LogP contribution in [0.5, 0.6) is 0 Å². The van der Waals surface area contributed by atoms with Crippen LogP contribution in [0.25, 0.3) is 0 Å². The first kappa shape index (κ1) is 24.5. The summed E-state index contributed by atoms with van der Waals surface area (Å²) < 4.78 is 0. The Morgan fingerprint density at radius 1 is 1.29 bits per heavy atom. The Morgan fingerprint density at radius 2 is 2.07 bits per heavy atom. The molecule has 3 unspecified atom stereocenters. The SMILES string of the molecule is CCCCCC(O)/C=C/[C@H]1C(=O)CC(O)C1C/C=C\CCCC(=O)NCCO. The third-order valence-corrected chi connectivity index (χ3v) is 5.17. The first-order valence-corrected chi connectivity index (χ1v) is 10.6. The van der Waals surface area contributed by atoms with Crippen LogP contribution < -0.4 is 5.32 Å². The molecule has 160 valence electrons. The number of nitrogens with one attached hydrogen (secondary N) is 1. The van der Waals surface area contributed by atoms with Crippen molar-refractivity contribution < 1.29 is 24.9 Å². The Kier molecular flexibility index (Phi) is 12.7. The molecule has 0 radical (unpaired) electrons. The summed E-state index contributed by atoms with van der Waals surface area (Å²) in [6.45, 7) is 2.34. The largest absolute Gasteiger partial charge is 0.395 e. The first-order valence-electron chi connectivity index (χ1n) is 10.6. The number of Topliss-reactive ketones (excluding diaryl/α,β-unsaturated/α-hetero) is 1. The number of unbranched alkanes of at least 4 members (excludes halogenated alkanes) is 3. The first-order chi connectivity index (χ1) is 13.5. The van der Waals surface area contributed by atoms with Crippen LogP contribution in [0.2, 0.25) is 0 Å². The number of ketones is 1. The van der Waals surface area contributed by atoms with E-state index in [1.165, 1.54) is 0 Å². The van der Waals surface area contributed by atoms with Gasteiger partial charge < -0.3 is 20.6 Å². The molecule has 6 nitrogen and oxygen atoms in total. The topological polar surface area (TPSA) is 107 Å². The van der Waals surface area contributed by atoms with Crippen molar-refractivity contribution in [3.05, 3.63) is 24.3 Å². The maximum atomic E-state index is 12.2. The third-order valence-electron chi connectivity index (χ3n) is 5.17. The lowest BCUT2D eigenvalue weighted by Crippen LogP contribution is -2.25. The van der Waals surface area contributed by atoms with Gasteiger partial charge in [-0.05, 0) is 25.7 Å². The summed E-state index contributed by atoms with van der Waals surface area (Å²) in [6, 6.07) is 0. The van der Waals surface area contributed by atoms with Crippen molar-refractivity contribution in [3.63, 3.8) is 0 Å². The lowest BCUT2D eigenvalue weighted by Gasteiger charge is -2.17. The number of hydrogen-bond donors (Lipinski definition) is 4. The predicted octanol–water partition coefficient (Wildman–Crippen LogP) is 2.28. The molecule has 1 saturated carbocycles. The molecule has 0 bridgehead atoms. The van der Waals surface area contributed by atoms with Crippen LogP contribution in [0.15, 0.2) is 24.3 Å². The van der Waals surface area contributed by atoms with Crippen molar-refractivity contribution in [2.24, 2.45) is 11.8 Å². The summed E-state index contributed by atoms with van der Waals surface area (Å²) >= 11 is 0. The van der Waals surface area contributed by atoms with Gasteiger partial charge in [0.05, 0.1) is 18.8 Å². The number of aliphatic hydroxyl groups excluding tert-OH is 3. The van der Waals surface area contributed by atoms with Crippen molar-refractivity contribution in [2.45, 2.75) is 76.9 Å². The number of allylic oxidation sites excluding steroid dienone is 3. The Balaban J connectivity index is 2.40. The van der Waals surface area contributed by atoms with Crippen molar-refractivity contribution in [3.8, 4) is 0 Å². The highest BCUT2D eigenvalue weighted by Gasteiger charge is 2.39. The summed E-state index contributed by atoms with van der Waals surface area (Å²) in [5.41, 5.74) is 0. The molecule has 0 aliphatic heterocycles. The quantitative estimate of drug-likeness (QED) is 0.267. The number of rotatable bonds is 14. The van der Waals surface area contributed by atoms with E-state index in [0.29, 0.717) is 25.7 Å². The Hall–Kier alpha value is -1.50. The van der Waals surface area contributed by atoms with Crippen LogP contribution in [0, 0.1) is 11.8 Å². The van der Waals surface area contributed by atoms with E-state index in [9.17, 15) is 19.8 Å². The molecule has 6 heteroatoms. The molecule has 0 saturated heterocycles. The standard InChI is InChI=1S/C22H37NO5/c1-2-3-6-9-17(25)12-13-19-18(20(26)16-21(19)27)10-7-4-5-8-11-22(28)23-14-15-24/h4,7,12-13,17-20,24-26H,2-3,5-6,8-11,14-16H2,1H3,(H,23,28)/b7-4-,13-12+/t17?,18?,19-,20?/m1/s1. The summed E-state index contributed by atoms with van der Waals surface area (Å²) in [5, 5.41) is 31.5. The van der Waals surface area contributed by atoms with Gasteiger partial charge in [-0.15, -0.1) is 0 Å². The monoisotopic (exact) mass is 395 g/mol. The van der Waals surface area contributed by atoms with Crippen molar-refractivity contribution in [1.29, 1.82) is 0 Å². The molecule has 0 aromatic rings. The van der Waals surface area contributed by atoms with Crippen LogP contribution in [0.1, 0.15) is 64.7 Å². The van der Waals surface area contributed by atoms with Gasteiger partial charge in [0.2, 0.25) is 5.91 Å². The van der Waals surface area contributed by atoms with E-state index >= 15 is 0 Å². The number of hydrogen-bond acceptors (Lipinski definition) is 5. The zero-order chi connectivity index (χ0) is 20.8. The average Bonchev–Trinajstić information content (AvgIpc) is 2.94. The second-order valence-electron chi connectivity index (χ2n) is 7.55. The van der Waals surface area contributed by atoms with Crippen LogP contribution in [-0.4, -0.2) is 52.4 Å². The van der Waals surface area contributed by atoms with E-state index in [1.807, 2.05) is 12.2 Å². The van der Waals surface area contributed by atoms with Gasteiger partial charge in [0.15, 0.2) is 0 Å². The van der Waals surface area contributed by atoms with Gasteiger partial charge in [-0.3, -0.25) is 9.59 Å². The van der Waals surface area contributed by atoms with Gasteiger partial charge in [-0.1, -0.05) is 50.5 Å². The Morgan fingerprint density at radius 3 is 2.79 bits per heavy atom. The molecule has 1 aliphatic carbocycles. The molecular formula is C22H37NO5. The van der Waals surface area contributed by atoms with Gasteiger partial charge in [0.1, 0.15) is 5.78 Å². The van der Waals surface area contributed by atoms with Crippen LogP contribution in [0.3, 0.4) is 0 Å². The van der Waals surface area contributed by atoms with E-state index < -0.39 is 12.2 Å². The summed E-state index contributed by atoms with van der Waals surface area (Å²) in [4.78, 5) is 23.6. The zero-order valence-corrected chi connectivity index (χ0v) is 17.1. The fraction of sp³-hybridized carbons (Fsp3) is 0.727. The fourth-order valence-electron chi connectivity index (χ4n) is 3.51. The minimum absolute atomic E-state index is 0.0310. The maximum Gasteiger partial charge on any atom is 0.220 e. The van der Waals surface area contributed by atoms with E-state index in [0.717, 1.165) is 25.7 Å². The number of aliphatic hydroxyl groups is 3. The van der Waals surface area contributed by atoms with Crippen LogP contribution in [-0.2, 0) is 9.59 Å². The van der Waals surface area contributed by atoms with Gasteiger partial charge in [0.25, 0.3) is 0 Å². The molecule has 1 rings (SSSR count). The number of carbonyl (C=O) groups is 2. The lowest BCUT2D eigenvalue weighted by atomic mass is 9.90. The predicted molar refractivity (Wildman–Crippen MR) is 110 cm³/mol. The fourth-order valence-corrected chi connectivity index (χ4v) is 3.51. The highest BCUT2D eigenvalue weighted by molar-refractivity contribution is 5.86. The normalized spacial score (nSPS) is 23.7. The maximum absolute atomic E-state index is 12.2. The summed E-state index contributed by atoms with van der Waals surface area (Å²) in [7, 11) is 0. The minimum atomic E-state index is -0.645. The van der Waals surface area contributed by atoms with Gasteiger partial charge in [0, 0.05) is 31.2 Å². The van der Waals surface area contributed by atoms with E-state index in [2.05, 4.69) is 12.2 Å². The molecule has 0 aromatic heterocycles. The minimum Gasteiger partial charge on any atom is -0.395 e. The number of amides is 1. The lowest BCUT2D eigenvalue weighted by molar-refractivity contribution is -0.121. The van der Waals surface area contributed by atoms with Crippen LogP contribution >= 0.6 is 0 Å². The smallest absolute Gasteiger partial charge is 0.220 e. The third kappa shape index (κ3) is 9.62. The molecule has 1 aliphatic rings. The summed E-state index contributed by atoms with van der Waals surface area (Å²) in [5.74, 6) is -0.536. The molecule has 4 atom stereocenters. The van der Waals surface area contributed by atoms with Crippen molar-refractivity contribution in [2.75, 3.05) is 13.2 Å². The Labute approximate surface area is 168 Å². The van der Waals surface area contributed by atoms with Crippen molar-refractivity contribution >= 4 is 11.7 Å². The van der Waals surface area contributed by atoms with Crippen molar-refractivity contribution in [1.82, 2.24) is 5.32 Å². The van der Waals surface area contributed by atoms with E-state index in [4.69, 9.17) is 5.11 Å². The van der Waals surface area contributed by atoms with E-state index in [1.54, 1.807) is 12.2 Å². The van der Waals surface area contributed by atoms with Gasteiger partial charge >= 0.3 is 0 Å². The molecular weight excluding hydrogens is 358 g/mol. The molecule has 0 spiro atoms. The van der Waals surface area contributed by atoms with Gasteiger partial charge in [-0.2, -0.15) is 0 Å². The Bertz CT molecular complexity index is 517. The molecule has 1 amide bonds. The summed E-state index contributed by atoms with van der Waals surface area (Å²) in [6.07, 6.45) is 12.8. The second kappa shape index (κ2) is 14.5.